The molecule has 0 fully saturated rings. The highest BCUT2D eigenvalue weighted by atomic mass is 32.2. The van der Waals surface area contributed by atoms with Crippen LogP contribution in [0, 0.1) is 18.6 Å². The van der Waals surface area contributed by atoms with Gasteiger partial charge in [-0.15, -0.1) is 0 Å². The van der Waals surface area contributed by atoms with Crippen molar-refractivity contribution in [2.75, 3.05) is 11.8 Å². The number of para-hydroxylation sites is 1. The van der Waals surface area contributed by atoms with Crippen molar-refractivity contribution in [3.8, 4) is 0 Å². The molecule has 0 atom stereocenters. The Balaban J connectivity index is 2.50. The van der Waals surface area contributed by atoms with Gasteiger partial charge in [0.1, 0.15) is 17.3 Å². The predicted octanol–water partition coefficient (Wildman–Crippen LogP) is 2.86. The number of aryl methyl sites for hydroxylation is 1. The molecule has 0 spiro atoms. The van der Waals surface area contributed by atoms with Crippen LogP contribution in [-0.2, 0) is 14.8 Å². The molecule has 8 heteroatoms. The number of ether oxygens (including phenoxy) is 1. The quantitative estimate of drug-likeness (QED) is 0.868. The van der Waals surface area contributed by atoms with Crippen molar-refractivity contribution in [3.05, 3.63) is 59.2 Å². The molecule has 0 aliphatic carbocycles. The Morgan fingerprint density at radius 1 is 1.13 bits per heavy atom. The first-order valence-electron chi connectivity index (χ1n) is 6.42. The molecule has 0 aromatic heterocycles. The first kappa shape index (κ1) is 16.9. The minimum absolute atomic E-state index is 0.00693. The average Bonchev–Trinajstić information content (AvgIpc) is 2.50. The lowest BCUT2D eigenvalue weighted by Gasteiger charge is -2.12. The van der Waals surface area contributed by atoms with Crippen molar-refractivity contribution in [2.45, 2.75) is 11.8 Å². The monoisotopic (exact) mass is 341 g/mol. The van der Waals surface area contributed by atoms with Gasteiger partial charge >= 0.3 is 5.97 Å². The van der Waals surface area contributed by atoms with Crippen LogP contribution in [0.25, 0.3) is 0 Å². The van der Waals surface area contributed by atoms with Crippen LogP contribution < -0.4 is 4.72 Å². The Morgan fingerprint density at radius 2 is 1.74 bits per heavy atom. The molecule has 0 heterocycles. The maximum absolute atomic E-state index is 13.6. The maximum Gasteiger partial charge on any atom is 0.337 e. The smallest absolute Gasteiger partial charge is 0.337 e. The van der Waals surface area contributed by atoms with E-state index in [1.54, 1.807) is 0 Å². The minimum Gasteiger partial charge on any atom is -0.465 e. The van der Waals surface area contributed by atoms with Crippen molar-refractivity contribution in [2.24, 2.45) is 0 Å². The van der Waals surface area contributed by atoms with Crippen molar-refractivity contribution in [1.82, 2.24) is 0 Å². The molecule has 2 aromatic rings. The molecule has 0 unspecified atom stereocenters. The molecular formula is C15H13F2NO4S. The maximum atomic E-state index is 13.6. The molecule has 2 aromatic carbocycles. The number of sulfonamides is 1. The van der Waals surface area contributed by atoms with Gasteiger partial charge in [0.05, 0.1) is 17.6 Å². The van der Waals surface area contributed by atoms with Crippen LogP contribution in [0.15, 0.2) is 41.3 Å². The molecule has 2 rings (SSSR count). The zero-order chi connectivity index (χ0) is 17.2. The van der Waals surface area contributed by atoms with E-state index >= 15 is 0 Å². The van der Waals surface area contributed by atoms with Gasteiger partial charge in [-0.25, -0.2) is 22.0 Å². The zero-order valence-electron chi connectivity index (χ0n) is 12.3. The number of methoxy groups -OCH3 is 1. The Labute approximate surface area is 132 Å². The fourth-order valence-electron chi connectivity index (χ4n) is 1.92. The Kier molecular flexibility index (Phi) is 4.65. The van der Waals surface area contributed by atoms with E-state index in [0.717, 1.165) is 31.4 Å². The van der Waals surface area contributed by atoms with E-state index in [1.807, 2.05) is 4.72 Å². The van der Waals surface area contributed by atoms with Gasteiger partial charge in [0.15, 0.2) is 0 Å². The van der Waals surface area contributed by atoms with E-state index in [1.165, 1.54) is 19.1 Å². The Hall–Kier alpha value is -2.48. The van der Waals surface area contributed by atoms with E-state index in [2.05, 4.69) is 4.74 Å². The molecule has 23 heavy (non-hydrogen) atoms. The van der Waals surface area contributed by atoms with E-state index in [4.69, 9.17) is 0 Å². The SMILES string of the molecule is COC(=O)c1ccc(C)c(S(=O)(=O)Nc2c(F)cccc2F)c1. The third-order valence-electron chi connectivity index (χ3n) is 3.10. The summed E-state index contributed by atoms with van der Waals surface area (Å²) in [6.07, 6.45) is 0. The predicted molar refractivity (Wildman–Crippen MR) is 79.7 cm³/mol. The fourth-order valence-corrected chi connectivity index (χ4v) is 3.27. The first-order valence-corrected chi connectivity index (χ1v) is 7.90. The van der Waals surface area contributed by atoms with Crippen molar-refractivity contribution in [3.63, 3.8) is 0 Å². The van der Waals surface area contributed by atoms with Gasteiger partial charge in [0.25, 0.3) is 10.0 Å². The van der Waals surface area contributed by atoms with Gasteiger partial charge in [-0.1, -0.05) is 12.1 Å². The van der Waals surface area contributed by atoms with Crippen LogP contribution in [0.1, 0.15) is 15.9 Å². The number of halogens is 2. The summed E-state index contributed by atoms with van der Waals surface area (Å²) >= 11 is 0. The van der Waals surface area contributed by atoms with Crippen LogP contribution in [0.2, 0.25) is 0 Å². The van der Waals surface area contributed by atoms with E-state index in [0.29, 0.717) is 5.56 Å². The van der Waals surface area contributed by atoms with Crippen LogP contribution in [0.3, 0.4) is 0 Å². The second-order valence-corrected chi connectivity index (χ2v) is 6.32. The number of esters is 1. The molecule has 5 nitrogen and oxygen atoms in total. The second kappa shape index (κ2) is 6.33. The molecule has 1 N–H and O–H groups in total. The highest BCUT2D eigenvalue weighted by Crippen LogP contribution is 2.24. The van der Waals surface area contributed by atoms with Gasteiger partial charge in [-0.2, -0.15) is 0 Å². The number of carbonyl (C=O) groups is 1. The molecule has 0 saturated carbocycles. The van der Waals surface area contributed by atoms with Gasteiger partial charge in [-0.3, -0.25) is 4.72 Å². The third-order valence-corrected chi connectivity index (χ3v) is 4.59. The number of rotatable bonds is 4. The standard InChI is InChI=1S/C15H13F2NO4S/c1-9-6-7-10(15(19)22-2)8-13(9)23(20,21)18-14-11(16)4-3-5-12(14)17/h3-8,18H,1-2H3. The summed E-state index contributed by atoms with van der Waals surface area (Å²) in [4.78, 5) is 11.2. The van der Waals surface area contributed by atoms with Gasteiger partial charge in [0, 0.05) is 0 Å². The molecule has 0 amide bonds. The van der Waals surface area contributed by atoms with Crippen molar-refractivity contribution in [1.29, 1.82) is 0 Å². The van der Waals surface area contributed by atoms with Crippen LogP contribution >= 0.6 is 0 Å². The zero-order valence-corrected chi connectivity index (χ0v) is 13.1. The van der Waals surface area contributed by atoms with Crippen LogP contribution in [0.4, 0.5) is 14.5 Å². The first-order chi connectivity index (χ1) is 10.8. The van der Waals surface area contributed by atoms with Gasteiger partial charge in [0.2, 0.25) is 0 Å². The summed E-state index contributed by atoms with van der Waals surface area (Å²) in [6.45, 7) is 1.49. The Bertz CT molecular complexity index is 846. The molecule has 0 aliphatic rings. The Morgan fingerprint density at radius 3 is 2.30 bits per heavy atom. The lowest BCUT2D eigenvalue weighted by atomic mass is 10.1. The summed E-state index contributed by atoms with van der Waals surface area (Å²) in [5.74, 6) is -2.82. The lowest BCUT2D eigenvalue weighted by molar-refractivity contribution is 0.0600. The average molecular weight is 341 g/mol. The summed E-state index contributed by atoms with van der Waals surface area (Å²) in [5.41, 5.74) is -0.468. The molecule has 0 saturated heterocycles. The third kappa shape index (κ3) is 3.48. The molecular weight excluding hydrogens is 328 g/mol. The highest BCUT2D eigenvalue weighted by molar-refractivity contribution is 7.92. The van der Waals surface area contributed by atoms with E-state index < -0.39 is 33.3 Å². The van der Waals surface area contributed by atoms with Crippen LogP contribution in [0.5, 0.6) is 0 Å². The summed E-state index contributed by atoms with van der Waals surface area (Å²) in [5, 5.41) is 0. The van der Waals surface area contributed by atoms with Crippen LogP contribution in [-0.4, -0.2) is 21.5 Å². The summed E-state index contributed by atoms with van der Waals surface area (Å²) in [6, 6.07) is 6.85. The normalized spacial score (nSPS) is 11.1. The number of carbonyl (C=O) groups excluding carboxylic acids is 1. The molecule has 122 valence electrons. The van der Waals surface area contributed by atoms with E-state index in [9.17, 15) is 22.0 Å². The molecule has 0 bridgehead atoms. The largest absolute Gasteiger partial charge is 0.465 e. The van der Waals surface area contributed by atoms with Crippen molar-refractivity contribution >= 4 is 21.7 Å². The summed E-state index contributed by atoms with van der Waals surface area (Å²) < 4.78 is 58.4. The minimum atomic E-state index is -4.29. The second-order valence-electron chi connectivity index (χ2n) is 4.67. The summed E-state index contributed by atoms with van der Waals surface area (Å²) in [7, 11) is -3.13. The van der Waals surface area contributed by atoms with E-state index in [-0.39, 0.29) is 10.5 Å². The van der Waals surface area contributed by atoms with Crippen molar-refractivity contribution < 1.29 is 26.7 Å². The number of nitrogens with one attached hydrogen (secondary N) is 1. The molecule has 0 radical (unpaired) electrons. The van der Waals surface area contributed by atoms with Gasteiger partial charge < -0.3 is 4.74 Å². The topological polar surface area (TPSA) is 72.5 Å². The molecule has 0 aliphatic heterocycles. The lowest BCUT2D eigenvalue weighted by Crippen LogP contribution is -2.17. The number of anilines is 1. The fraction of sp³-hybridized carbons (Fsp3) is 0.133. The number of hydrogen-bond donors (Lipinski definition) is 1. The number of hydrogen-bond acceptors (Lipinski definition) is 4. The highest BCUT2D eigenvalue weighted by Gasteiger charge is 2.22. The number of benzene rings is 2. The van der Waals surface area contributed by atoms with Gasteiger partial charge in [-0.05, 0) is 36.8 Å².